The average Bonchev–Trinajstić information content (AvgIpc) is 2.45. The minimum Gasteiger partial charge on any atom is -0.444 e. The zero-order valence-electron chi connectivity index (χ0n) is 14.7. The van der Waals surface area contributed by atoms with Crippen LogP contribution in [0.15, 0.2) is 0 Å². The molecule has 0 aromatic carbocycles. The van der Waals surface area contributed by atoms with E-state index < -0.39 is 5.60 Å². The number of carbonyl (C=O) groups excluding carboxylic acids is 1. The van der Waals surface area contributed by atoms with E-state index in [1.807, 2.05) is 25.7 Å². The number of nitrogens with zero attached hydrogens (tertiary/aromatic N) is 1. The molecule has 0 atom stereocenters. The van der Waals surface area contributed by atoms with Gasteiger partial charge in [0.1, 0.15) is 5.60 Å². The summed E-state index contributed by atoms with van der Waals surface area (Å²) in [5, 5.41) is 7.14. The van der Waals surface area contributed by atoms with Gasteiger partial charge < -0.3 is 20.3 Å². The summed E-state index contributed by atoms with van der Waals surface area (Å²) in [6.45, 7) is 13.0. The number of hydrogen-bond acceptors (Lipinski definition) is 4. The second-order valence-electron chi connectivity index (χ2n) is 8.18. The number of amides is 1. The lowest BCUT2D eigenvalue weighted by atomic mass is 9.80. The SMILES string of the molecule is CC1(CNC2CCNCC2)CCN(C(=O)OC(C)(C)C)CC1. The van der Waals surface area contributed by atoms with Crippen LogP contribution in [0.4, 0.5) is 4.79 Å². The van der Waals surface area contributed by atoms with E-state index in [4.69, 9.17) is 4.74 Å². The second kappa shape index (κ2) is 7.18. The molecule has 2 rings (SSSR count). The highest BCUT2D eigenvalue weighted by molar-refractivity contribution is 5.68. The number of ether oxygens (including phenoxy) is 1. The van der Waals surface area contributed by atoms with Gasteiger partial charge in [0.25, 0.3) is 0 Å². The number of rotatable bonds is 3. The van der Waals surface area contributed by atoms with Crippen molar-refractivity contribution >= 4 is 6.09 Å². The summed E-state index contributed by atoms with van der Waals surface area (Å²) in [6.07, 6.45) is 4.37. The van der Waals surface area contributed by atoms with Crippen LogP contribution in [0.1, 0.15) is 53.4 Å². The molecule has 128 valence electrons. The molecule has 2 saturated heterocycles. The maximum absolute atomic E-state index is 12.1. The topological polar surface area (TPSA) is 53.6 Å². The van der Waals surface area contributed by atoms with Gasteiger partial charge in [-0.15, -0.1) is 0 Å². The highest BCUT2D eigenvalue weighted by atomic mass is 16.6. The number of nitrogens with one attached hydrogen (secondary N) is 2. The third-order valence-corrected chi connectivity index (χ3v) is 4.78. The van der Waals surface area contributed by atoms with Gasteiger partial charge in [-0.25, -0.2) is 4.79 Å². The molecule has 1 amide bonds. The van der Waals surface area contributed by atoms with E-state index in [-0.39, 0.29) is 6.09 Å². The summed E-state index contributed by atoms with van der Waals surface area (Å²) >= 11 is 0. The van der Waals surface area contributed by atoms with Gasteiger partial charge in [-0.2, -0.15) is 0 Å². The lowest BCUT2D eigenvalue weighted by Crippen LogP contribution is -2.49. The fourth-order valence-electron chi connectivity index (χ4n) is 3.15. The smallest absolute Gasteiger partial charge is 0.410 e. The summed E-state index contributed by atoms with van der Waals surface area (Å²) in [5.74, 6) is 0. The zero-order valence-corrected chi connectivity index (χ0v) is 14.7. The van der Waals surface area contributed by atoms with Crippen LogP contribution in [0.5, 0.6) is 0 Å². The lowest BCUT2D eigenvalue weighted by Gasteiger charge is -2.41. The van der Waals surface area contributed by atoms with Crippen LogP contribution in [-0.4, -0.2) is 55.4 Å². The third kappa shape index (κ3) is 5.43. The van der Waals surface area contributed by atoms with Gasteiger partial charge in [-0.3, -0.25) is 0 Å². The van der Waals surface area contributed by atoms with Crippen LogP contribution < -0.4 is 10.6 Å². The maximum atomic E-state index is 12.1. The van der Waals surface area contributed by atoms with Crippen molar-refractivity contribution in [3.05, 3.63) is 0 Å². The Morgan fingerprint density at radius 3 is 2.41 bits per heavy atom. The lowest BCUT2D eigenvalue weighted by molar-refractivity contribution is 0.0116. The fourth-order valence-corrected chi connectivity index (χ4v) is 3.15. The van der Waals surface area contributed by atoms with Crippen LogP contribution in [0.25, 0.3) is 0 Å². The standard InChI is InChI=1S/C17H33N3O2/c1-16(2,3)22-15(21)20-11-7-17(4,8-12-20)13-19-14-5-9-18-10-6-14/h14,18-19H,5-13H2,1-4H3. The fraction of sp³-hybridized carbons (Fsp3) is 0.941. The first kappa shape index (κ1) is 17.5. The van der Waals surface area contributed by atoms with Crippen LogP contribution in [0.3, 0.4) is 0 Å². The largest absolute Gasteiger partial charge is 0.444 e. The van der Waals surface area contributed by atoms with Gasteiger partial charge in [0.05, 0.1) is 0 Å². The van der Waals surface area contributed by atoms with E-state index in [9.17, 15) is 4.79 Å². The first-order valence-corrected chi connectivity index (χ1v) is 8.69. The van der Waals surface area contributed by atoms with E-state index >= 15 is 0 Å². The summed E-state index contributed by atoms with van der Waals surface area (Å²) in [5.41, 5.74) is -0.113. The molecule has 5 nitrogen and oxygen atoms in total. The molecule has 2 aliphatic heterocycles. The Labute approximate surface area is 135 Å². The molecule has 2 heterocycles. The molecule has 0 radical (unpaired) electrons. The van der Waals surface area contributed by atoms with Crippen molar-refractivity contribution in [3.63, 3.8) is 0 Å². The number of piperidine rings is 2. The van der Waals surface area contributed by atoms with Crippen molar-refractivity contribution in [2.75, 3.05) is 32.7 Å². The predicted molar refractivity (Wildman–Crippen MR) is 89.0 cm³/mol. The van der Waals surface area contributed by atoms with Crippen molar-refractivity contribution in [1.29, 1.82) is 0 Å². The highest BCUT2D eigenvalue weighted by Gasteiger charge is 2.33. The van der Waals surface area contributed by atoms with E-state index in [1.54, 1.807) is 0 Å². The summed E-state index contributed by atoms with van der Waals surface area (Å²) in [6, 6.07) is 0.655. The van der Waals surface area contributed by atoms with Crippen molar-refractivity contribution in [2.45, 2.75) is 65.0 Å². The van der Waals surface area contributed by atoms with Crippen molar-refractivity contribution in [1.82, 2.24) is 15.5 Å². The Balaban J connectivity index is 1.74. The third-order valence-electron chi connectivity index (χ3n) is 4.78. The van der Waals surface area contributed by atoms with Gasteiger partial charge in [0, 0.05) is 25.7 Å². The number of likely N-dealkylation sites (tertiary alicyclic amines) is 1. The highest BCUT2D eigenvalue weighted by Crippen LogP contribution is 2.31. The molecule has 0 bridgehead atoms. The van der Waals surface area contributed by atoms with Gasteiger partial charge in [-0.05, 0) is 65.0 Å². The minimum atomic E-state index is -0.408. The van der Waals surface area contributed by atoms with Crippen molar-refractivity contribution < 1.29 is 9.53 Å². The molecular formula is C17H33N3O2. The zero-order chi connectivity index (χ0) is 16.2. The summed E-state index contributed by atoms with van der Waals surface area (Å²) in [4.78, 5) is 14.0. The molecule has 22 heavy (non-hydrogen) atoms. The number of carbonyl (C=O) groups is 1. The molecule has 2 fully saturated rings. The number of hydrogen-bond donors (Lipinski definition) is 2. The quantitative estimate of drug-likeness (QED) is 0.840. The van der Waals surface area contributed by atoms with Gasteiger partial charge in [0.15, 0.2) is 0 Å². The Hall–Kier alpha value is -0.810. The molecule has 0 unspecified atom stereocenters. The van der Waals surface area contributed by atoms with E-state index in [1.165, 1.54) is 12.8 Å². The van der Waals surface area contributed by atoms with Crippen LogP contribution >= 0.6 is 0 Å². The molecule has 0 aliphatic carbocycles. The Morgan fingerprint density at radius 1 is 1.27 bits per heavy atom. The maximum Gasteiger partial charge on any atom is 0.410 e. The van der Waals surface area contributed by atoms with Crippen LogP contribution in [-0.2, 0) is 4.74 Å². The van der Waals surface area contributed by atoms with Crippen molar-refractivity contribution in [2.24, 2.45) is 5.41 Å². The van der Waals surface area contributed by atoms with Crippen LogP contribution in [0, 0.1) is 5.41 Å². The van der Waals surface area contributed by atoms with Crippen LogP contribution in [0.2, 0.25) is 0 Å². The van der Waals surface area contributed by atoms with Gasteiger partial charge >= 0.3 is 6.09 Å². The summed E-state index contributed by atoms with van der Waals surface area (Å²) in [7, 11) is 0. The molecule has 0 saturated carbocycles. The molecule has 2 aliphatic rings. The van der Waals surface area contributed by atoms with E-state index in [0.29, 0.717) is 11.5 Å². The van der Waals surface area contributed by atoms with Gasteiger partial charge in [0.2, 0.25) is 0 Å². The Kier molecular flexibility index (Phi) is 5.72. The second-order valence-corrected chi connectivity index (χ2v) is 8.18. The first-order chi connectivity index (χ1) is 10.3. The normalized spacial score (nSPS) is 23.4. The first-order valence-electron chi connectivity index (χ1n) is 8.69. The monoisotopic (exact) mass is 311 g/mol. The van der Waals surface area contributed by atoms with E-state index in [0.717, 1.165) is 45.6 Å². The molecule has 0 aromatic rings. The molecule has 0 aromatic heterocycles. The molecule has 5 heteroatoms. The predicted octanol–water partition coefficient (Wildman–Crippen LogP) is 2.37. The minimum absolute atomic E-state index is 0.166. The Morgan fingerprint density at radius 2 is 1.86 bits per heavy atom. The van der Waals surface area contributed by atoms with E-state index in [2.05, 4.69) is 17.6 Å². The molecule has 2 N–H and O–H groups in total. The van der Waals surface area contributed by atoms with Crippen molar-refractivity contribution in [3.8, 4) is 0 Å². The summed E-state index contributed by atoms with van der Waals surface area (Å²) < 4.78 is 5.46. The average molecular weight is 311 g/mol. The Bertz CT molecular complexity index is 365. The molecular weight excluding hydrogens is 278 g/mol. The van der Waals surface area contributed by atoms with Gasteiger partial charge in [-0.1, -0.05) is 6.92 Å². The molecule has 0 spiro atoms.